The zero-order valence-corrected chi connectivity index (χ0v) is 12.5. The van der Waals surface area contributed by atoms with E-state index in [1.165, 1.54) is 0 Å². The lowest BCUT2D eigenvalue weighted by molar-refractivity contribution is 0.0520. The van der Waals surface area contributed by atoms with E-state index in [0.29, 0.717) is 23.6 Å². The molecule has 0 bridgehead atoms. The molecule has 4 nitrogen and oxygen atoms in total. The Hall–Kier alpha value is -2.36. The molecule has 4 heteroatoms. The van der Waals surface area contributed by atoms with Crippen LogP contribution in [0.15, 0.2) is 36.4 Å². The zero-order chi connectivity index (χ0) is 15.4. The molecule has 1 aromatic carbocycles. The summed E-state index contributed by atoms with van der Waals surface area (Å²) in [5.41, 5.74) is 2.50. The summed E-state index contributed by atoms with van der Waals surface area (Å²) in [4.78, 5) is 27.2. The molecule has 0 fully saturated rings. The molecule has 110 valence electrons. The lowest BCUT2D eigenvalue weighted by Gasteiger charge is -2.10. The number of nitrogens with one attached hydrogen (secondary N) is 1. The van der Waals surface area contributed by atoms with Crippen molar-refractivity contribution in [3.63, 3.8) is 0 Å². The van der Waals surface area contributed by atoms with Gasteiger partial charge in [-0.25, -0.2) is 4.79 Å². The minimum atomic E-state index is -0.438. The smallest absolute Gasteiger partial charge is 0.354 e. The highest BCUT2D eigenvalue weighted by Crippen LogP contribution is 2.23. The largest absolute Gasteiger partial charge is 0.461 e. The Morgan fingerprint density at radius 1 is 1.24 bits per heavy atom. The van der Waals surface area contributed by atoms with Gasteiger partial charge in [-0.15, -0.1) is 0 Å². The first-order valence-corrected chi connectivity index (χ1v) is 7.00. The molecule has 21 heavy (non-hydrogen) atoms. The molecule has 1 atom stereocenters. The number of hydrogen-bond acceptors (Lipinski definition) is 3. The van der Waals surface area contributed by atoms with E-state index in [0.717, 1.165) is 5.56 Å². The van der Waals surface area contributed by atoms with Crippen molar-refractivity contribution >= 4 is 11.8 Å². The number of carbonyl (C=O) groups is 2. The first-order valence-electron chi connectivity index (χ1n) is 7.00. The standard InChI is InChI=1S/C17H19NO3/c1-4-21-17(20)15-10-14(12(3)18-15)16(19)11(2)13-8-6-5-7-9-13/h5-11,18H,4H2,1-3H3. The first-order chi connectivity index (χ1) is 10.0. The molecule has 0 radical (unpaired) electrons. The predicted octanol–water partition coefficient (Wildman–Crippen LogP) is 3.49. The Bertz CT molecular complexity index is 643. The fourth-order valence-corrected chi connectivity index (χ4v) is 2.26. The molecule has 2 rings (SSSR count). The van der Waals surface area contributed by atoms with E-state index in [1.54, 1.807) is 19.9 Å². The number of ether oxygens (including phenoxy) is 1. The van der Waals surface area contributed by atoms with Crippen LogP contribution < -0.4 is 0 Å². The van der Waals surface area contributed by atoms with Crippen molar-refractivity contribution in [1.82, 2.24) is 4.98 Å². The van der Waals surface area contributed by atoms with E-state index >= 15 is 0 Å². The van der Waals surface area contributed by atoms with Crippen molar-refractivity contribution in [2.24, 2.45) is 0 Å². The number of H-pyrrole nitrogens is 1. The first kappa shape index (κ1) is 15.0. The molecule has 0 amide bonds. The molecule has 0 spiro atoms. The summed E-state index contributed by atoms with van der Waals surface area (Å²) in [6.07, 6.45) is 0. The SMILES string of the molecule is CCOC(=O)c1cc(C(=O)C(C)c2ccccc2)c(C)[nH]1. The quantitative estimate of drug-likeness (QED) is 0.675. The predicted molar refractivity (Wildman–Crippen MR) is 80.7 cm³/mol. The lowest BCUT2D eigenvalue weighted by atomic mass is 9.92. The minimum Gasteiger partial charge on any atom is -0.461 e. The third-order valence-electron chi connectivity index (χ3n) is 3.47. The number of ketones is 1. The second-order valence-electron chi connectivity index (χ2n) is 4.94. The fraction of sp³-hybridized carbons (Fsp3) is 0.294. The van der Waals surface area contributed by atoms with E-state index in [4.69, 9.17) is 4.74 Å². The van der Waals surface area contributed by atoms with Crippen molar-refractivity contribution in [2.75, 3.05) is 6.61 Å². The van der Waals surface area contributed by atoms with Crippen molar-refractivity contribution in [2.45, 2.75) is 26.7 Å². The minimum absolute atomic E-state index is 0.00880. The maximum atomic E-state index is 12.6. The van der Waals surface area contributed by atoms with Crippen LogP contribution >= 0.6 is 0 Å². The highest BCUT2D eigenvalue weighted by atomic mass is 16.5. The lowest BCUT2D eigenvalue weighted by Crippen LogP contribution is -2.10. The van der Waals surface area contributed by atoms with E-state index < -0.39 is 5.97 Å². The number of hydrogen-bond donors (Lipinski definition) is 1. The number of rotatable bonds is 5. The Labute approximate surface area is 124 Å². The van der Waals surface area contributed by atoms with Crippen LogP contribution in [0.25, 0.3) is 0 Å². The molecule has 0 aliphatic heterocycles. The van der Waals surface area contributed by atoms with Gasteiger partial charge in [0.05, 0.1) is 6.61 Å². The Morgan fingerprint density at radius 3 is 2.52 bits per heavy atom. The second-order valence-corrected chi connectivity index (χ2v) is 4.94. The number of Topliss-reactive ketones (excluding diaryl/α,β-unsaturated/α-hetero) is 1. The monoisotopic (exact) mass is 285 g/mol. The molecule has 0 saturated carbocycles. The number of carbonyl (C=O) groups excluding carboxylic acids is 2. The van der Waals surface area contributed by atoms with Gasteiger partial charge in [0.25, 0.3) is 0 Å². The maximum absolute atomic E-state index is 12.6. The summed E-state index contributed by atoms with van der Waals surface area (Å²) < 4.78 is 4.94. The number of esters is 1. The van der Waals surface area contributed by atoms with Gasteiger partial charge < -0.3 is 9.72 Å². The van der Waals surface area contributed by atoms with Crippen LogP contribution in [0.2, 0.25) is 0 Å². The number of aromatic amines is 1. The van der Waals surface area contributed by atoms with Crippen molar-refractivity contribution < 1.29 is 14.3 Å². The van der Waals surface area contributed by atoms with Crippen molar-refractivity contribution in [3.8, 4) is 0 Å². The Morgan fingerprint density at radius 2 is 1.90 bits per heavy atom. The van der Waals surface area contributed by atoms with E-state index in [9.17, 15) is 9.59 Å². The molecule has 0 saturated heterocycles. The van der Waals surface area contributed by atoms with Crippen LogP contribution in [0, 0.1) is 6.92 Å². The fourth-order valence-electron chi connectivity index (χ4n) is 2.26. The van der Waals surface area contributed by atoms with Gasteiger partial charge in [0.1, 0.15) is 5.69 Å². The number of aryl methyl sites for hydroxylation is 1. The Balaban J connectivity index is 2.26. The summed E-state index contributed by atoms with van der Waals surface area (Å²) in [5.74, 6) is -0.701. The second kappa shape index (κ2) is 6.39. The summed E-state index contributed by atoms with van der Waals surface area (Å²) in [6, 6.07) is 11.2. The zero-order valence-electron chi connectivity index (χ0n) is 12.5. The van der Waals surface area contributed by atoms with Gasteiger partial charge in [-0.3, -0.25) is 4.79 Å². The van der Waals surface area contributed by atoms with Gasteiger partial charge in [-0.05, 0) is 25.5 Å². The molecule has 1 heterocycles. The van der Waals surface area contributed by atoms with Crippen molar-refractivity contribution in [3.05, 3.63) is 58.9 Å². The van der Waals surface area contributed by atoms with Crippen LogP contribution in [0.4, 0.5) is 0 Å². The molecule has 0 aliphatic rings. The summed E-state index contributed by atoms with van der Waals surface area (Å²) in [5, 5.41) is 0. The molecule has 2 aromatic rings. The molecular weight excluding hydrogens is 266 g/mol. The van der Waals surface area contributed by atoms with E-state index in [1.807, 2.05) is 37.3 Å². The summed E-state index contributed by atoms with van der Waals surface area (Å²) in [7, 11) is 0. The molecule has 1 N–H and O–H groups in total. The molecule has 1 aromatic heterocycles. The van der Waals surface area contributed by atoms with Crippen molar-refractivity contribution in [1.29, 1.82) is 0 Å². The third-order valence-corrected chi connectivity index (χ3v) is 3.47. The van der Waals surface area contributed by atoms with Crippen LogP contribution in [-0.4, -0.2) is 23.3 Å². The summed E-state index contributed by atoms with van der Waals surface area (Å²) in [6.45, 7) is 5.71. The molecular formula is C17H19NO3. The average Bonchev–Trinajstić information content (AvgIpc) is 2.89. The van der Waals surface area contributed by atoms with Gasteiger partial charge in [-0.1, -0.05) is 37.3 Å². The Kier molecular flexibility index (Phi) is 4.58. The van der Waals surface area contributed by atoms with E-state index in [-0.39, 0.29) is 11.7 Å². The van der Waals surface area contributed by atoms with Crippen LogP contribution in [0.5, 0.6) is 0 Å². The van der Waals surface area contributed by atoms with Crippen LogP contribution in [-0.2, 0) is 4.74 Å². The maximum Gasteiger partial charge on any atom is 0.354 e. The summed E-state index contributed by atoms with van der Waals surface area (Å²) >= 11 is 0. The van der Waals surface area contributed by atoms with Crippen LogP contribution in [0.1, 0.15) is 51.9 Å². The van der Waals surface area contributed by atoms with Crippen LogP contribution in [0.3, 0.4) is 0 Å². The highest BCUT2D eigenvalue weighted by molar-refractivity contribution is 6.03. The number of aromatic nitrogens is 1. The third kappa shape index (κ3) is 3.21. The van der Waals surface area contributed by atoms with Gasteiger partial charge in [0, 0.05) is 17.2 Å². The van der Waals surface area contributed by atoms with Gasteiger partial charge in [0.15, 0.2) is 5.78 Å². The normalized spacial score (nSPS) is 12.0. The topological polar surface area (TPSA) is 59.2 Å². The molecule has 0 aliphatic carbocycles. The van der Waals surface area contributed by atoms with Gasteiger partial charge >= 0.3 is 5.97 Å². The number of benzene rings is 1. The highest BCUT2D eigenvalue weighted by Gasteiger charge is 2.22. The average molecular weight is 285 g/mol. The van der Waals surface area contributed by atoms with Gasteiger partial charge in [-0.2, -0.15) is 0 Å². The molecule has 1 unspecified atom stereocenters. The van der Waals surface area contributed by atoms with Gasteiger partial charge in [0.2, 0.25) is 0 Å². The van der Waals surface area contributed by atoms with E-state index in [2.05, 4.69) is 4.98 Å².